The maximum atomic E-state index is 13.0. The maximum absolute atomic E-state index is 13.0. The number of hydrogen-bond acceptors (Lipinski definition) is 6. The van der Waals surface area contributed by atoms with E-state index in [-0.39, 0.29) is 31.3 Å². The maximum Gasteiger partial charge on any atom is 0.410 e. The quantitative estimate of drug-likeness (QED) is 0.792. The Morgan fingerprint density at radius 2 is 1.93 bits per heavy atom. The number of thioether (sulfide) groups is 1. The monoisotopic (exact) mass is 392 g/mol. The lowest BCUT2D eigenvalue weighted by Gasteiger charge is -2.30. The number of benzene rings is 1. The molecule has 27 heavy (non-hydrogen) atoms. The Morgan fingerprint density at radius 1 is 1.15 bits per heavy atom. The molecule has 0 aromatic heterocycles. The minimum absolute atomic E-state index is 0.0442. The number of rotatable bonds is 6. The van der Waals surface area contributed by atoms with Crippen LogP contribution in [0, 0.1) is 0 Å². The highest BCUT2D eigenvalue weighted by Gasteiger charge is 2.42. The van der Waals surface area contributed by atoms with Crippen molar-refractivity contribution in [1.29, 1.82) is 0 Å². The van der Waals surface area contributed by atoms with Crippen LogP contribution in [-0.2, 0) is 20.9 Å². The Balaban J connectivity index is 1.62. The molecule has 1 aromatic rings. The summed E-state index contributed by atoms with van der Waals surface area (Å²) in [6.45, 7) is 0.415. The van der Waals surface area contributed by atoms with Crippen molar-refractivity contribution in [2.45, 2.75) is 38.0 Å². The van der Waals surface area contributed by atoms with Crippen LogP contribution in [0.1, 0.15) is 24.8 Å². The van der Waals surface area contributed by atoms with Gasteiger partial charge in [-0.15, -0.1) is 11.8 Å². The highest BCUT2D eigenvalue weighted by atomic mass is 32.2. The van der Waals surface area contributed by atoms with E-state index in [4.69, 9.17) is 9.84 Å². The van der Waals surface area contributed by atoms with Crippen LogP contribution in [0.2, 0.25) is 0 Å². The molecule has 2 heterocycles. The van der Waals surface area contributed by atoms with E-state index in [2.05, 4.69) is 0 Å². The molecule has 8 heteroatoms. The van der Waals surface area contributed by atoms with Crippen molar-refractivity contribution in [1.82, 2.24) is 9.80 Å². The number of Topliss-reactive ketones (excluding diaryl/α,β-unsaturated/α-hetero) is 1. The van der Waals surface area contributed by atoms with Gasteiger partial charge in [0, 0.05) is 18.7 Å². The van der Waals surface area contributed by atoms with Crippen molar-refractivity contribution >= 4 is 29.5 Å². The summed E-state index contributed by atoms with van der Waals surface area (Å²) in [6, 6.07) is 8.29. The van der Waals surface area contributed by atoms with Crippen LogP contribution < -0.4 is 0 Å². The van der Waals surface area contributed by atoms with E-state index >= 15 is 0 Å². The number of ether oxygens (including phenoxy) is 1. The molecule has 3 rings (SSSR count). The van der Waals surface area contributed by atoms with E-state index < -0.39 is 18.2 Å². The summed E-state index contributed by atoms with van der Waals surface area (Å²) in [5.41, 5.74) is 0.888. The summed E-state index contributed by atoms with van der Waals surface area (Å²) in [4.78, 5) is 40.7. The molecule has 2 aliphatic rings. The molecule has 2 aliphatic heterocycles. The molecule has 0 radical (unpaired) electrons. The van der Waals surface area contributed by atoms with Gasteiger partial charge in [-0.2, -0.15) is 0 Å². The van der Waals surface area contributed by atoms with Gasteiger partial charge in [0.1, 0.15) is 18.7 Å². The van der Waals surface area contributed by atoms with Gasteiger partial charge in [0.25, 0.3) is 0 Å². The van der Waals surface area contributed by atoms with Gasteiger partial charge in [0.15, 0.2) is 5.78 Å². The lowest BCUT2D eigenvalue weighted by atomic mass is 10.1. The predicted molar refractivity (Wildman–Crippen MR) is 101 cm³/mol. The third-order valence-corrected chi connectivity index (χ3v) is 5.88. The number of aliphatic hydroxyl groups excluding tert-OH is 1. The topological polar surface area (TPSA) is 87.2 Å². The largest absolute Gasteiger partial charge is 0.445 e. The van der Waals surface area contributed by atoms with Crippen molar-refractivity contribution in [3.63, 3.8) is 0 Å². The highest BCUT2D eigenvalue weighted by molar-refractivity contribution is 7.99. The normalized spacial score (nSPS) is 22.1. The molecule has 0 unspecified atom stereocenters. The molecular formula is C19H24N2O5S. The first-order chi connectivity index (χ1) is 13.1. The van der Waals surface area contributed by atoms with Crippen molar-refractivity contribution in [2.24, 2.45) is 0 Å². The first-order valence-electron chi connectivity index (χ1n) is 9.11. The lowest BCUT2D eigenvalue weighted by molar-refractivity contribution is -0.140. The molecule has 1 N–H and O–H groups in total. The van der Waals surface area contributed by atoms with Gasteiger partial charge in [-0.1, -0.05) is 30.3 Å². The predicted octanol–water partition coefficient (Wildman–Crippen LogP) is 1.64. The summed E-state index contributed by atoms with van der Waals surface area (Å²) in [5.74, 6) is 0.636. The van der Waals surface area contributed by atoms with Gasteiger partial charge in [0.2, 0.25) is 5.91 Å². The Hall–Kier alpha value is -2.06. The zero-order chi connectivity index (χ0) is 19.2. The van der Waals surface area contributed by atoms with E-state index in [0.717, 1.165) is 12.0 Å². The number of nitrogens with zero attached hydrogens (tertiary/aromatic N) is 2. The molecule has 146 valence electrons. The molecule has 7 nitrogen and oxygen atoms in total. The first kappa shape index (κ1) is 19.7. The minimum atomic E-state index is -0.587. The van der Waals surface area contributed by atoms with Gasteiger partial charge in [-0.3, -0.25) is 14.5 Å². The number of likely N-dealkylation sites (tertiary alicyclic amines) is 1. The summed E-state index contributed by atoms with van der Waals surface area (Å²) >= 11 is 1.52. The third kappa shape index (κ3) is 4.62. The smallest absolute Gasteiger partial charge is 0.410 e. The Morgan fingerprint density at radius 3 is 2.67 bits per heavy atom. The number of amides is 2. The van der Waals surface area contributed by atoms with Gasteiger partial charge >= 0.3 is 6.09 Å². The Labute approximate surface area is 162 Å². The van der Waals surface area contributed by atoms with E-state index in [1.165, 1.54) is 16.7 Å². The average Bonchev–Trinajstić information content (AvgIpc) is 3.36. The van der Waals surface area contributed by atoms with E-state index in [1.54, 1.807) is 4.90 Å². The molecule has 2 atom stereocenters. The first-order valence-corrected chi connectivity index (χ1v) is 10.3. The zero-order valence-corrected chi connectivity index (χ0v) is 15.9. The van der Waals surface area contributed by atoms with Gasteiger partial charge in [0.05, 0.1) is 12.5 Å². The van der Waals surface area contributed by atoms with Crippen LogP contribution in [-0.4, -0.2) is 69.6 Å². The van der Waals surface area contributed by atoms with E-state index in [0.29, 0.717) is 24.6 Å². The zero-order valence-electron chi connectivity index (χ0n) is 15.1. The van der Waals surface area contributed by atoms with Gasteiger partial charge < -0.3 is 14.7 Å². The van der Waals surface area contributed by atoms with Crippen LogP contribution >= 0.6 is 11.8 Å². The Bertz CT molecular complexity index is 684. The minimum Gasteiger partial charge on any atom is -0.445 e. The van der Waals surface area contributed by atoms with Crippen LogP contribution in [0.4, 0.5) is 4.79 Å². The molecular weight excluding hydrogens is 368 g/mol. The summed E-state index contributed by atoms with van der Waals surface area (Å²) in [5, 5.41) is 9.00. The average molecular weight is 392 g/mol. The second-order valence-corrected chi connectivity index (χ2v) is 7.66. The van der Waals surface area contributed by atoms with Gasteiger partial charge in [-0.05, 0) is 18.4 Å². The lowest BCUT2D eigenvalue weighted by Crippen LogP contribution is -2.51. The highest BCUT2D eigenvalue weighted by Crippen LogP contribution is 2.28. The van der Waals surface area contributed by atoms with Crippen LogP contribution in [0.15, 0.2) is 30.3 Å². The summed E-state index contributed by atoms with van der Waals surface area (Å²) < 4.78 is 5.38. The second-order valence-electron chi connectivity index (χ2n) is 6.66. The molecule has 2 saturated heterocycles. The standard InChI is InChI=1S/C19H24N2O5S/c22-10-8-17(23)16-12-27-13-21(16)18(24)15-7-4-9-20(15)19(25)26-11-14-5-2-1-3-6-14/h1-3,5-6,15-16,22H,4,7-13H2/t15-,16-/m0/s1. The molecule has 2 fully saturated rings. The fourth-order valence-corrected chi connectivity index (χ4v) is 4.64. The van der Waals surface area contributed by atoms with Crippen molar-refractivity contribution in [3.8, 4) is 0 Å². The number of ketones is 1. The third-order valence-electron chi connectivity index (χ3n) is 4.87. The molecule has 0 spiro atoms. The number of carbonyl (C=O) groups excluding carboxylic acids is 3. The van der Waals surface area contributed by atoms with Crippen molar-refractivity contribution in [2.75, 3.05) is 24.8 Å². The fourth-order valence-electron chi connectivity index (χ4n) is 3.44. The molecule has 0 bridgehead atoms. The van der Waals surface area contributed by atoms with Gasteiger partial charge in [-0.25, -0.2) is 4.79 Å². The molecule has 1 aromatic carbocycles. The Kier molecular flexibility index (Phi) is 6.73. The van der Waals surface area contributed by atoms with Crippen LogP contribution in [0.5, 0.6) is 0 Å². The SMILES string of the molecule is O=C(CCO)[C@@H]1CSCN1C(=O)[C@@H]1CCCN1C(=O)OCc1ccccc1. The van der Waals surface area contributed by atoms with E-state index in [1.807, 2.05) is 30.3 Å². The van der Waals surface area contributed by atoms with Crippen LogP contribution in [0.3, 0.4) is 0 Å². The molecule has 0 aliphatic carbocycles. The second kappa shape index (κ2) is 9.23. The molecule has 0 saturated carbocycles. The summed E-state index contributed by atoms with van der Waals surface area (Å²) in [6.07, 6.45) is 0.844. The van der Waals surface area contributed by atoms with Crippen LogP contribution in [0.25, 0.3) is 0 Å². The fraction of sp³-hybridized carbons (Fsp3) is 0.526. The van der Waals surface area contributed by atoms with Crippen molar-refractivity contribution < 1.29 is 24.2 Å². The number of aliphatic hydroxyl groups is 1. The molecule has 2 amide bonds. The van der Waals surface area contributed by atoms with Crippen molar-refractivity contribution in [3.05, 3.63) is 35.9 Å². The van der Waals surface area contributed by atoms with E-state index in [9.17, 15) is 14.4 Å². The summed E-state index contributed by atoms with van der Waals surface area (Å²) in [7, 11) is 0. The number of hydrogen-bond donors (Lipinski definition) is 1. The number of carbonyl (C=O) groups is 3.